The molecule has 0 N–H and O–H groups in total. The molecule has 132 valence electrons. The van der Waals surface area contributed by atoms with Gasteiger partial charge in [-0.25, -0.2) is 4.79 Å². The molecule has 5 nitrogen and oxygen atoms in total. The summed E-state index contributed by atoms with van der Waals surface area (Å²) in [6, 6.07) is 0. The van der Waals surface area contributed by atoms with E-state index in [2.05, 4.69) is 6.58 Å². The fourth-order valence-corrected chi connectivity index (χ4v) is 3.19. The fourth-order valence-electron chi connectivity index (χ4n) is 3.19. The number of esters is 1. The average Bonchev–Trinajstić information content (AvgIpc) is 3.24. The van der Waals surface area contributed by atoms with Crippen LogP contribution in [0.15, 0.2) is 12.7 Å². The van der Waals surface area contributed by atoms with E-state index in [1.54, 1.807) is 0 Å². The number of carbonyl (C=O) groups is 1. The third kappa shape index (κ3) is 7.46. The first-order valence-corrected chi connectivity index (χ1v) is 8.96. The van der Waals surface area contributed by atoms with E-state index in [9.17, 15) is 4.79 Å². The van der Waals surface area contributed by atoms with Gasteiger partial charge in [-0.2, -0.15) is 0 Å². The molecule has 0 amide bonds. The number of hydrogen-bond donors (Lipinski definition) is 0. The Morgan fingerprint density at radius 1 is 0.957 bits per heavy atom. The average molecular weight is 326 g/mol. The van der Waals surface area contributed by atoms with Crippen molar-refractivity contribution in [2.75, 3.05) is 19.8 Å². The lowest BCUT2D eigenvalue weighted by atomic mass is 10.3. The number of carbonyl (C=O) groups excluding carboxylic acids is 1. The van der Waals surface area contributed by atoms with Gasteiger partial charge < -0.3 is 18.9 Å². The van der Waals surface area contributed by atoms with Gasteiger partial charge in [0.15, 0.2) is 6.29 Å². The van der Waals surface area contributed by atoms with Crippen molar-refractivity contribution in [1.82, 2.24) is 0 Å². The third-order valence-electron chi connectivity index (χ3n) is 4.43. The summed E-state index contributed by atoms with van der Waals surface area (Å²) < 4.78 is 22.7. The zero-order valence-corrected chi connectivity index (χ0v) is 14.0. The summed E-state index contributed by atoms with van der Waals surface area (Å²) in [5.41, 5.74) is 0. The van der Waals surface area contributed by atoms with Gasteiger partial charge in [-0.3, -0.25) is 0 Å². The molecule has 2 aliphatic carbocycles. The van der Waals surface area contributed by atoms with Crippen LogP contribution in [0.2, 0.25) is 0 Å². The number of hydrogen-bond acceptors (Lipinski definition) is 5. The molecule has 0 aromatic heterocycles. The van der Waals surface area contributed by atoms with Crippen LogP contribution in [0.1, 0.15) is 57.8 Å². The van der Waals surface area contributed by atoms with Gasteiger partial charge in [0.2, 0.25) is 0 Å². The van der Waals surface area contributed by atoms with Crippen molar-refractivity contribution in [1.29, 1.82) is 0 Å². The molecule has 0 bridgehead atoms. The summed E-state index contributed by atoms with van der Waals surface area (Å²) in [4.78, 5) is 10.9. The molecule has 0 aliphatic heterocycles. The molecule has 2 rings (SSSR count). The molecule has 2 aliphatic rings. The molecule has 23 heavy (non-hydrogen) atoms. The van der Waals surface area contributed by atoms with Crippen LogP contribution in [0.3, 0.4) is 0 Å². The fraction of sp³-hybridized carbons (Fsp3) is 0.833. The summed E-state index contributed by atoms with van der Waals surface area (Å²) in [6.45, 7) is 4.54. The normalized spacial score (nSPS) is 19.5. The molecule has 0 aromatic rings. The van der Waals surface area contributed by atoms with Gasteiger partial charge in [0, 0.05) is 12.5 Å². The zero-order valence-electron chi connectivity index (χ0n) is 14.0. The van der Waals surface area contributed by atoms with Crippen LogP contribution in [0, 0.1) is 0 Å². The quantitative estimate of drug-likeness (QED) is 0.252. The Kier molecular flexibility index (Phi) is 8.64. The number of rotatable bonds is 11. The number of ether oxygens (including phenoxy) is 4. The molecule has 0 aromatic carbocycles. The van der Waals surface area contributed by atoms with Gasteiger partial charge >= 0.3 is 5.97 Å². The highest BCUT2D eigenvalue weighted by Crippen LogP contribution is 2.27. The van der Waals surface area contributed by atoms with Gasteiger partial charge in [-0.1, -0.05) is 32.3 Å². The largest absolute Gasteiger partial charge is 0.460 e. The molecule has 0 unspecified atom stereocenters. The molecule has 0 atom stereocenters. The Labute approximate surface area is 139 Å². The third-order valence-corrected chi connectivity index (χ3v) is 4.43. The molecular formula is C18H30O5. The van der Waals surface area contributed by atoms with Crippen LogP contribution in [0.4, 0.5) is 0 Å². The van der Waals surface area contributed by atoms with Crippen LogP contribution in [-0.4, -0.2) is 44.3 Å². The molecule has 0 spiro atoms. The second-order valence-corrected chi connectivity index (χ2v) is 6.29. The first kappa shape index (κ1) is 18.4. The van der Waals surface area contributed by atoms with E-state index in [-0.39, 0.29) is 12.9 Å². The molecule has 0 heterocycles. The first-order chi connectivity index (χ1) is 11.3. The minimum Gasteiger partial charge on any atom is -0.460 e. The Morgan fingerprint density at radius 2 is 1.52 bits per heavy atom. The lowest BCUT2D eigenvalue weighted by Crippen LogP contribution is -2.28. The first-order valence-electron chi connectivity index (χ1n) is 8.96. The molecular weight excluding hydrogens is 296 g/mol. The Hall–Kier alpha value is -0.910. The van der Waals surface area contributed by atoms with Gasteiger partial charge in [-0.15, -0.1) is 0 Å². The van der Waals surface area contributed by atoms with Gasteiger partial charge in [0.1, 0.15) is 6.61 Å². The van der Waals surface area contributed by atoms with E-state index in [0.29, 0.717) is 25.4 Å². The highest BCUT2D eigenvalue weighted by atomic mass is 16.7. The predicted molar refractivity (Wildman–Crippen MR) is 87.1 cm³/mol. The Morgan fingerprint density at radius 3 is 2.04 bits per heavy atom. The molecule has 2 saturated carbocycles. The van der Waals surface area contributed by atoms with E-state index in [1.165, 1.54) is 25.7 Å². The molecule has 5 heteroatoms. The van der Waals surface area contributed by atoms with Crippen molar-refractivity contribution < 1.29 is 23.7 Å². The summed E-state index contributed by atoms with van der Waals surface area (Å²) in [6.07, 6.45) is 12.0. The monoisotopic (exact) mass is 326 g/mol. The lowest BCUT2D eigenvalue weighted by molar-refractivity contribution is -0.199. The minimum atomic E-state index is -0.416. The van der Waals surface area contributed by atoms with Crippen LogP contribution in [0.5, 0.6) is 0 Å². The maximum Gasteiger partial charge on any atom is 0.330 e. The van der Waals surface area contributed by atoms with E-state index in [1.807, 2.05) is 0 Å². The van der Waals surface area contributed by atoms with Crippen molar-refractivity contribution in [3.8, 4) is 0 Å². The summed E-state index contributed by atoms with van der Waals surface area (Å²) in [7, 11) is 0. The SMILES string of the molecule is C=CC(=O)OCCOCCC(OC1CCCC1)OC1CCCC1. The summed E-state index contributed by atoms with van der Waals surface area (Å²) in [5.74, 6) is -0.416. The maximum absolute atomic E-state index is 10.9. The lowest BCUT2D eigenvalue weighted by Gasteiger charge is -2.25. The van der Waals surface area contributed by atoms with Crippen LogP contribution in [0.25, 0.3) is 0 Å². The standard InChI is InChI=1S/C18H30O5/c1-2-17(19)21-14-13-20-12-11-18(22-15-7-3-4-8-15)23-16-9-5-6-10-16/h2,15-16,18H,1,3-14H2. The van der Waals surface area contributed by atoms with Crippen LogP contribution < -0.4 is 0 Å². The second kappa shape index (κ2) is 10.8. The van der Waals surface area contributed by atoms with Crippen molar-refractivity contribution in [3.05, 3.63) is 12.7 Å². The van der Waals surface area contributed by atoms with Crippen molar-refractivity contribution in [2.45, 2.75) is 76.3 Å². The van der Waals surface area contributed by atoms with Gasteiger partial charge in [-0.05, 0) is 25.7 Å². The topological polar surface area (TPSA) is 54.0 Å². The maximum atomic E-state index is 10.9. The van der Waals surface area contributed by atoms with E-state index in [0.717, 1.165) is 38.2 Å². The highest BCUT2D eigenvalue weighted by molar-refractivity contribution is 5.81. The van der Waals surface area contributed by atoms with Crippen LogP contribution in [-0.2, 0) is 23.7 Å². The van der Waals surface area contributed by atoms with Gasteiger partial charge in [0.25, 0.3) is 0 Å². The molecule has 2 fully saturated rings. The predicted octanol–water partition coefficient (Wildman–Crippen LogP) is 3.37. The van der Waals surface area contributed by atoms with Crippen molar-refractivity contribution in [2.24, 2.45) is 0 Å². The summed E-state index contributed by atoms with van der Waals surface area (Å²) >= 11 is 0. The zero-order chi connectivity index (χ0) is 16.3. The van der Waals surface area contributed by atoms with Gasteiger partial charge in [0.05, 0.1) is 25.4 Å². The Balaban J connectivity index is 1.62. The second-order valence-electron chi connectivity index (χ2n) is 6.29. The van der Waals surface area contributed by atoms with E-state index >= 15 is 0 Å². The smallest absolute Gasteiger partial charge is 0.330 e. The highest BCUT2D eigenvalue weighted by Gasteiger charge is 2.25. The van der Waals surface area contributed by atoms with Crippen molar-refractivity contribution in [3.63, 3.8) is 0 Å². The minimum absolute atomic E-state index is 0.170. The van der Waals surface area contributed by atoms with E-state index in [4.69, 9.17) is 18.9 Å². The molecule has 0 saturated heterocycles. The summed E-state index contributed by atoms with van der Waals surface area (Å²) in [5, 5.41) is 0. The molecule has 0 radical (unpaired) electrons. The van der Waals surface area contributed by atoms with Crippen molar-refractivity contribution >= 4 is 5.97 Å². The van der Waals surface area contributed by atoms with E-state index < -0.39 is 5.97 Å². The Bertz CT molecular complexity index is 327. The van der Waals surface area contributed by atoms with Crippen LogP contribution >= 0.6 is 0 Å².